The molecular weight excluding hydrogens is 364 g/mol. The summed E-state index contributed by atoms with van der Waals surface area (Å²) in [6.07, 6.45) is 4.21. The van der Waals surface area contributed by atoms with Crippen molar-refractivity contribution in [2.45, 2.75) is 57.1 Å². The van der Waals surface area contributed by atoms with Crippen molar-refractivity contribution in [1.29, 1.82) is 0 Å². The molecule has 0 bridgehead atoms. The van der Waals surface area contributed by atoms with Gasteiger partial charge in [0.25, 0.3) is 0 Å². The molecule has 2 aromatic rings. The van der Waals surface area contributed by atoms with Crippen LogP contribution in [-0.2, 0) is 30.2 Å². The smallest absolute Gasteiger partial charge is 0.247 e. The summed E-state index contributed by atoms with van der Waals surface area (Å²) in [4.78, 5) is 2.39. The molecule has 1 aliphatic heterocycles. The van der Waals surface area contributed by atoms with Gasteiger partial charge < -0.3 is 4.90 Å². The van der Waals surface area contributed by atoms with Crippen LogP contribution in [0.3, 0.4) is 0 Å². The van der Waals surface area contributed by atoms with Gasteiger partial charge >= 0.3 is 0 Å². The fourth-order valence-corrected chi connectivity index (χ4v) is 5.55. The zero-order chi connectivity index (χ0) is 19.8. The highest BCUT2D eigenvalue weighted by Gasteiger charge is 2.39. The first-order valence-electron chi connectivity index (χ1n) is 9.47. The molecule has 0 N–H and O–H groups in total. The van der Waals surface area contributed by atoms with Gasteiger partial charge in [-0.15, -0.1) is 0 Å². The number of nitrogens with zero attached hydrogens (tertiary/aromatic N) is 6. The van der Waals surface area contributed by atoms with Crippen molar-refractivity contribution < 1.29 is 8.42 Å². The number of hydrogen-bond acceptors (Lipinski definition) is 5. The molecule has 1 saturated heterocycles. The quantitative estimate of drug-likeness (QED) is 0.717. The van der Waals surface area contributed by atoms with Gasteiger partial charge in [-0.2, -0.15) is 14.5 Å². The molecule has 0 aromatic carbocycles. The monoisotopic (exact) mass is 394 g/mol. The van der Waals surface area contributed by atoms with E-state index in [0.717, 1.165) is 37.2 Å². The minimum atomic E-state index is -3.60. The molecule has 150 valence electrons. The van der Waals surface area contributed by atoms with Crippen LogP contribution in [0.1, 0.15) is 49.3 Å². The third-order valence-electron chi connectivity index (χ3n) is 4.96. The Kier molecular flexibility index (Phi) is 5.73. The van der Waals surface area contributed by atoms with E-state index in [2.05, 4.69) is 15.1 Å². The Balaban J connectivity index is 1.92. The zero-order valence-electron chi connectivity index (χ0n) is 16.9. The fourth-order valence-electron chi connectivity index (χ4n) is 3.71. The molecule has 2 aromatic heterocycles. The highest BCUT2D eigenvalue weighted by atomic mass is 32.2. The lowest BCUT2D eigenvalue weighted by Crippen LogP contribution is -2.31. The number of rotatable bonds is 7. The zero-order valence-corrected chi connectivity index (χ0v) is 17.7. The molecule has 3 heterocycles. The highest BCUT2D eigenvalue weighted by molar-refractivity contribution is 7.89. The summed E-state index contributed by atoms with van der Waals surface area (Å²) in [5.74, 6) is 0. The molecule has 8 nitrogen and oxygen atoms in total. The maximum absolute atomic E-state index is 13.4. The standard InChI is InChI=1S/C18H30N6O2S/c1-6-9-23-13-18(14(2)19-23)27(25,26)24-10-7-8-17(24)16-11-15(12-21(3)4)22(5)20-16/h11,13,17H,6-10,12H2,1-5H3/t17-/m0/s1. The summed E-state index contributed by atoms with van der Waals surface area (Å²) in [7, 11) is 2.33. The predicted molar refractivity (Wildman–Crippen MR) is 104 cm³/mol. The van der Waals surface area contributed by atoms with E-state index in [4.69, 9.17) is 0 Å². The van der Waals surface area contributed by atoms with Crippen molar-refractivity contribution >= 4 is 10.0 Å². The maximum Gasteiger partial charge on any atom is 0.247 e. The van der Waals surface area contributed by atoms with Gasteiger partial charge in [-0.1, -0.05) is 6.92 Å². The number of sulfonamides is 1. The Morgan fingerprint density at radius 3 is 2.70 bits per heavy atom. The Morgan fingerprint density at radius 2 is 2.04 bits per heavy atom. The second-order valence-corrected chi connectivity index (χ2v) is 9.40. The lowest BCUT2D eigenvalue weighted by molar-refractivity contribution is 0.384. The Bertz CT molecular complexity index is 899. The summed E-state index contributed by atoms with van der Waals surface area (Å²) in [6.45, 7) is 5.82. The van der Waals surface area contributed by atoms with Crippen LogP contribution in [0.2, 0.25) is 0 Å². The fraction of sp³-hybridized carbons (Fsp3) is 0.667. The van der Waals surface area contributed by atoms with Gasteiger partial charge in [0.1, 0.15) is 4.90 Å². The molecule has 0 unspecified atom stereocenters. The molecule has 0 aliphatic carbocycles. The molecular formula is C18H30N6O2S. The third kappa shape index (κ3) is 3.95. The van der Waals surface area contributed by atoms with Crippen molar-refractivity contribution in [2.75, 3.05) is 20.6 Å². The van der Waals surface area contributed by atoms with E-state index < -0.39 is 10.0 Å². The van der Waals surface area contributed by atoms with Gasteiger partial charge in [0.15, 0.2) is 0 Å². The second kappa shape index (κ2) is 7.73. The number of aryl methyl sites for hydroxylation is 3. The van der Waals surface area contributed by atoms with Crippen LogP contribution in [0.25, 0.3) is 0 Å². The van der Waals surface area contributed by atoms with E-state index in [9.17, 15) is 8.42 Å². The Morgan fingerprint density at radius 1 is 1.30 bits per heavy atom. The van der Waals surface area contributed by atoms with E-state index in [1.54, 1.807) is 22.1 Å². The van der Waals surface area contributed by atoms with Gasteiger partial charge in [0.2, 0.25) is 10.0 Å². The van der Waals surface area contributed by atoms with E-state index >= 15 is 0 Å². The molecule has 3 rings (SSSR count). The van der Waals surface area contributed by atoms with Crippen molar-refractivity contribution in [2.24, 2.45) is 7.05 Å². The first-order chi connectivity index (χ1) is 12.7. The summed E-state index contributed by atoms with van der Waals surface area (Å²) < 4.78 is 31.9. The van der Waals surface area contributed by atoms with E-state index in [1.807, 2.05) is 38.8 Å². The molecule has 1 fully saturated rings. The first-order valence-corrected chi connectivity index (χ1v) is 10.9. The van der Waals surface area contributed by atoms with Crippen LogP contribution in [0.5, 0.6) is 0 Å². The van der Waals surface area contributed by atoms with Crippen molar-refractivity contribution in [1.82, 2.24) is 28.8 Å². The highest BCUT2D eigenvalue weighted by Crippen LogP contribution is 2.36. The second-order valence-electron chi connectivity index (χ2n) is 7.54. The lowest BCUT2D eigenvalue weighted by Gasteiger charge is -2.22. The normalized spacial score (nSPS) is 18.7. The molecule has 1 atom stereocenters. The lowest BCUT2D eigenvalue weighted by atomic mass is 10.1. The minimum Gasteiger partial charge on any atom is -0.304 e. The molecule has 9 heteroatoms. The van der Waals surface area contributed by atoms with Crippen LogP contribution in [0.4, 0.5) is 0 Å². The van der Waals surface area contributed by atoms with Gasteiger partial charge in [-0.3, -0.25) is 9.36 Å². The molecule has 0 radical (unpaired) electrons. The van der Waals surface area contributed by atoms with Crippen molar-refractivity contribution in [3.05, 3.63) is 29.3 Å². The topological polar surface area (TPSA) is 76.3 Å². The molecule has 0 amide bonds. The summed E-state index contributed by atoms with van der Waals surface area (Å²) in [5.41, 5.74) is 2.46. The summed E-state index contributed by atoms with van der Waals surface area (Å²) in [5, 5.41) is 9.00. The molecule has 1 aliphatic rings. The van der Waals surface area contributed by atoms with Crippen LogP contribution < -0.4 is 0 Å². The predicted octanol–water partition coefficient (Wildman–Crippen LogP) is 1.92. The van der Waals surface area contributed by atoms with Crippen molar-refractivity contribution in [3.8, 4) is 0 Å². The minimum absolute atomic E-state index is 0.217. The van der Waals surface area contributed by atoms with Gasteiger partial charge in [0, 0.05) is 32.9 Å². The van der Waals surface area contributed by atoms with Crippen LogP contribution >= 0.6 is 0 Å². The number of hydrogen-bond donors (Lipinski definition) is 0. The molecule has 0 saturated carbocycles. The molecule has 27 heavy (non-hydrogen) atoms. The largest absolute Gasteiger partial charge is 0.304 e. The van der Waals surface area contributed by atoms with Crippen LogP contribution in [0.15, 0.2) is 17.2 Å². The maximum atomic E-state index is 13.4. The van der Waals surface area contributed by atoms with E-state index in [0.29, 0.717) is 23.7 Å². The Labute approximate surface area is 161 Å². The average molecular weight is 395 g/mol. The van der Waals surface area contributed by atoms with Crippen LogP contribution in [0, 0.1) is 6.92 Å². The van der Waals surface area contributed by atoms with E-state index in [-0.39, 0.29) is 6.04 Å². The third-order valence-corrected chi connectivity index (χ3v) is 6.97. The SMILES string of the molecule is CCCn1cc(S(=O)(=O)N2CCC[C@H]2c2cc(CN(C)C)n(C)n2)c(C)n1. The number of aromatic nitrogens is 4. The average Bonchev–Trinajstić information content (AvgIpc) is 3.27. The van der Waals surface area contributed by atoms with E-state index in [1.165, 1.54) is 0 Å². The van der Waals surface area contributed by atoms with Gasteiger partial charge in [-0.25, -0.2) is 8.42 Å². The first kappa shape index (κ1) is 20.0. The van der Waals surface area contributed by atoms with Crippen molar-refractivity contribution in [3.63, 3.8) is 0 Å². The van der Waals surface area contributed by atoms with Gasteiger partial charge in [-0.05, 0) is 46.3 Å². The Hall–Kier alpha value is -1.71. The summed E-state index contributed by atoms with van der Waals surface area (Å²) in [6, 6.07) is 1.82. The molecule has 0 spiro atoms. The summed E-state index contributed by atoms with van der Waals surface area (Å²) >= 11 is 0. The van der Waals surface area contributed by atoms with Crippen LogP contribution in [-0.4, -0.2) is 57.8 Å². The van der Waals surface area contributed by atoms with Gasteiger partial charge in [0.05, 0.1) is 23.1 Å².